The molecule has 2 heterocycles. The number of hydrogen-bond acceptors (Lipinski definition) is 6. The van der Waals surface area contributed by atoms with Gasteiger partial charge in [0.25, 0.3) is 0 Å². The Bertz CT molecular complexity index is 1400. The van der Waals surface area contributed by atoms with Gasteiger partial charge in [0.15, 0.2) is 0 Å². The fourth-order valence-electron chi connectivity index (χ4n) is 4.86. The van der Waals surface area contributed by atoms with Crippen LogP contribution in [0.2, 0.25) is 5.02 Å². The normalized spacial score (nSPS) is 14.2. The number of carbonyl (C=O) groups excluding carboxylic acids is 1. The molecule has 3 N–H and O–H groups in total. The van der Waals surface area contributed by atoms with Crippen molar-refractivity contribution in [3.63, 3.8) is 0 Å². The number of aryl methyl sites for hydroxylation is 2. The van der Waals surface area contributed by atoms with Crippen molar-refractivity contribution in [3.05, 3.63) is 94.9 Å². The number of anilines is 5. The molecule has 0 aliphatic heterocycles. The molecule has 188 valence electrons. The van der Waals surface area contributed by atoms with Crippen LogP contribution in [0.4, 0.5) is 28.8 Å². The molecule has 0 spiro atoms. The maximum Gasteiger partial charge on any atom is 0.235 e. The summed E-state index contributed by atoms with van der Waals surface area (Å²) in [6.07, 6.45) is 5.50. The first kappa shape index (κ1) is 24.7. The zero-order valence-electron chi connectivity index (χ0n) is 20.9. The van der Waals surface area contributed by atoms with E-state index in [1.54, 1.807) is 6.20 Å². The van der Waals surface area contributed by atoms with Crippen molar-refractivity contribution in [3.8, 4) is 0 Å². The minimum absolute atomic E-state index is 0.0277. The highest BCUT2D eigenvalue weighted by Crippen LogP contribution is 2.42. The van der Waals surface area contributed by atoms with E-state index in [0.29, 0.717) is 22.5 Å². The van der Waals surface area contributed by atoms with Crippen LogP contribution < -0.4 is 16.0 Å². The molecule has 4 aromatic rings. The van der Waals surface area contributed by atoms with E-state index in [-0.39, 0.29) is 5.91 Å². The molecular formula is C29H29ClN6O. The van der Waals surface area contributed by atoms with Crippen LogP contribution in [-0.4, -0.2) is 20.9 Å². The van der Waals surface area contributed by atoms with E-state index in [9.17, 15) is 4.79 Å². The van der Waals surface area contributed by atoms with Crippen molar-refractivity contribution in [2.75, 3.05) is 16.0 Å². The molecule has 1 amide bonds. The van der Waals surface area contributed by atoms with Gasteiger partial charge in [0.1, 0.15) is 23.3 Å². The molecule has 5 rings (SSSR count). The fourth-order valence-corrected chi connectivity index (χ4v) is 4.99. The van der Waals surface area contributed by atoms with Crippen LogP contribution in [0.1, 0.15) is 42.6 Å². The van der Waals surface area contributed by atoms with Gasteiger partial charge in [-0.3, -0.25) is 4.79 Å². The summed E-state index contributed by atoms with van der Waals surface area (Å²) in [6, 6.07) is 21.0. The van der Waals surface area contributed by atoms with E-state index >= 15 is 0 Å². The Labute approximate surface area is 221 Å². The molecule has 8 heteroatoms. The summed E-state index contributed by atoms with van der Waals surface area (Å²) in [4.78, 5) is 26.8. The Morgan fingerprint density at radius 2 is 1.46 bits per heavy atom. The Hall–Kier alpha value is -3.97. The summed E-state index contributed by atoms with van der Waals surface area (Å²) in [5.41, 5.74) is 3.22. The molecule has 0 bridgehead atoms. The maximum atomic E-state index is 13.5. The first-order chi connectivity index (χ1) is 17.9. The van der Waals surface area contributed by atoms with Crippen LogP contribution >= 0.6 is 11.6 Å². The third kappa shape index (κ3) is 5.73. The lowest BCUT2D eigenvalue weighted by molar-refractivity contribution is -0.121. The summed E-state index contributed by atoms with van der Waals surface area (Å²) in [5, 5.41) is 10.4. The van der Waals surface area contributed by atoms with E-state index in [0.717, 1.165) is 54.0 Å². The average Bonchev–Trinajstić information content (AvgIpc) is 3.37. The molecule has 37 heavy (non-hydrogen) atoms. The maximum absolute atomic E-state index is 13.5. The quantitative estimate of drug-likeness (QED) is 0.245. The smallest absolute Gasteiger partial charge is 0.235 e. The number of hydrogen-bond donors (Lipinski definition) is 3. The lowest BCUT2D eigenvalue weighted by Gasteiger charge is -2.28. The molecule has 2 aromatic carbocycles. The second-order valence-electron chi connectivity index (χ2n) is 9.48. The first-order valence-electron chi connectivity index (χ1n) is 12.4. The summed E-state index contributed by atoms with van der Waals surface area (Å²) in [6.45, 7) is 3.86. The number of rotatable bonds is 7. The molecule has 0 atom stereocenters. The predicted molar refractivity (Wildman–Crippen MR) is 149 cm³/mol. The Kier molecular flexibility index (Phi) is 7.06. The van der Waals surface area contributed by atoms with Gasteiger partial charge in [-0.25, -0.2) is 15.0 Å². The molecule has 2 aromatic heterocycles. The lowest BCUT2D eigenvalue weighted by Crippen LogP contribution is -2.37. The first-order valence-corrected chi connectivity index (χ1v) is 12.8. The van der Waals surface area contributed by atoms with Crippen molar-refractivity contribution in [2.24, 2.45) is 0 Å². The van der Waals surface area contributed by atoms with E-state index in [1.807, 2.05) is 80.6 Å². The zero-order chi connectivity index (χ0) is 25.8. The minimum Gasteiger partial charge on any atom is -0.340 e. The van der Waals surface area contributed by atoms with Gasteiger partial charge < -0.3 is 16.0 Å². The van der Waals surface area contributed by atoms with Crippen LogP contribution in [0.15, 0.2) is 72.9 Å². The second-order valence-corrected chi connectivity index (χ2v) is 9.92. The SMILES string of the molecule is Cc1ccnc(Nc2cc(Nc3ccc(NC(=O)C4(c5ccc(Cl)cc5)CCCC4)cc3)nc(C)n2)c1. The van der Waals surface area contributed by atoms with Crippen molar-refractivity contribution in [1.29, 1.82) is 0 Å². The zero-order valence-corrected chi connectivity index (χ0v) is 21.6. The van der Waals surface area contributed by atoms with Gasteiger partial charge in [0.05, 0.1) is 5.41 Å². The Morgan fingerprint density at radius 3 is 2.14 bits per heavy atom. The molecule has 0 unspecified atom stereocenters. The van der Waals surface area contributed by atoms with Gasteiger partial charge in [0.2, 0.25) is 5.91 Å². The van der Waals surface area contributed by atoms with E-state index in [1.165, 1.54) is 0 Å². The highest BCUT2D eigenvalue weighted by molar-refractivity contribution is 6.30. The van der Waals surface area contributed by atoms with Gasteiger partial charge >= 0.3 is 0 Å². The van der Waals surface area contributed by atoms with Crippen LogP contribution in [-0.2, 0) is 10.2 Å². The van der Waals surface area contributed by atoms with Gasteiger partial charge in [0, 0.05) is 28.7 Å². The van der Waals surface area contributed by atoms with Crippen LogP contribution in [0.3, 0.4) is 0 Å². The Morgan fingerprint density at radius 1 is 0.811 bits per heavy atom. The molecule has 1 aliphatic carbocycles. The van der Waals surface area contributed by atoms with Crippen molar-refractivity contribution in [2.45, 2.75) is 44.9 Å². The number of nitrogens with zero attached hydrogens (tertiary/aromatic N) is 3. The fraction of sp³-hybridized carbons (Fsp3) is 0.241. The number of halogens is 1. The number of aromatic nitrogens is 3. The third-order valence-electron chi connectivity index (χ3n) is 6.71. The van der Waals surface area contributed by atoms with Crippen molar-refractivity contribution in [1.82, 2.24) is 15.0 Å². The van der Waals surface area contributed by atoms with Gasteiger partial charge in [-0.2, -0.15) is 0 Å². The average molecular weight is 513 g/mol. The van der Waals surface area contributed by atoms with E-state index < -0.39 is 5.41 Å². The highest BCUT2D eigenvalue weighted by Gasteiger charge is 2.42. The number of nitrogens with one attached hydrogen (secondary N) is 3. The lowest BCUT2D eigenvalue weighted by atomic mass is 9.78. The van der Waals surface area contributed by atoms with Gasteiger partial charge in [-0.05, 0) is 86.3 Å². The topological polar surface area (TPSA) is 91.8 Å². The largest absolute Gasteiger partial charge is 0.340 e. The number of carbonyl (C=O) groups is 1. The highest BCUT2D eigenvalue weighted by atomic mass is 35.5. The standard InChI is InChI=1S/C29H29ClN6O/c1-19-13-16-31-25(17-19)36-27-18-26(32-20(2)33-27)34-23-9-11-24(12-10-23)35-28(37)29(14-3-4-15-29)21-5-7-22(30)8-6-21/h5-13,16-18H,3-4,14-15H2,1-2H3,(H,35,37)(H2,31,32,33,34,36). The summed E-state index contributed by atoms with van der Waals surface area (Å²) >= 11 is 6.08. The molecular weight excluding hydrogens is 484 g/mol. The van der Waals surface area contributed by atoms with Gasteiger partial charge in [-0.1, -0.05) is 36.6 Å². The number of benzene rings is 2. The molecule has 1 aliphatic rings. The molecule has 1 saturated carbocycles. The summed E-state index contributed by atoms with van der Waals surface area (Å²) in [7, 11) is 0. The van der Waals surface area contributed by atoms with E-state index in [4.69, 9.17) is 11.6 Å². The Balaban J connectivity index is 1.28. The molecule has 0 saturated heterocycles. The van der Waals surface area contributed by atoms with Crippen LogP contribution in [0.5, 0.6) is 0 Å². The van der Waals surface area contributed by atoms with E-state index in [2.05, 4.69) is 30.9 Å². The van der Waals surface area contributed by atoms with Crippen LogP contribution in [0, 0.1) is 13.8 Å². The predicted octanol–water partition coefficient (Wildman–Crippen LogP) is 7.08. The third-order valence-corrected chi connectivity index (χ3v) is 6.97. The van der Waals surface area contributed by atoms with Crippen molar-refractivity contribution >= 4 is 46.3 Å². The second kappa shape index (κ2) is 10.6. The monoisotopic (exact) mass is 512 g/mol. The summed E-state index contributed by atoms with van der Waals surface area (Å²) in [5.74, 6) is 2.70. The number of pyridine rings is 1. The molecule has 1 fully saturated rings. The number of amides is 1. The van der Waals surface area contributed by atoms with Gasteiger partial charge in [-0.15, -0.1) is 0 Å². The van der Waals surface area contributed by atoms with Crippen LogP contribution in [0.25, 0.3) is 0 Å². The summed E-state index contributed by atoms with van der Waals surface area (Å²) < 4.78 is 0. The van der Waals surface area contributed by atoms with Crippen molar-refractivity contribution < 1.29 is 4.79 Å². The molecule has 0 radical (unpaired) electrons. The molecule has 7 nitrogen and oxygen atoms in total. The minimum atomic E-state index is -0.518.